The molecule has 0 bridgehead atoms. The maximum Gasteiger partial charge on any atom is 0.365 e. The van der Waals surface area contributed by atoms with E-state index in [4.69, 9.17) is 0 Å². The van der Waals surface area contributed by atoms with Crippen LogP contribution in [0.3, 0.4) is 0 Å². The Hall–Kier alpha value is -0.680. The van der Waals surface area contributed by atoms with Crippen molar-refractivity contribution >= 4 is 38.7 Å². The number of carbonyl (C=O) groups is 1. The van der Waals surface area contributed by atoms with Crippen LogP contribution in [-0.4, -0.2) is 34.4 Å². The summed E-state index contributed by atoms with van der Waals surface area (Å²) in [7, 11) is 0. The number of halogens is 1. The highest BCUT2D eigenvalue weighted by molar-refractivity contribution is 9.10. The minimum absolute atomic E-state index is 0.0587. The Kier molecular flexibility index (Phi) is 4.16. The third kappa shape index (κ3) is 3.08. The van der Waals surface area contributed by atoms with E-state index in [9.17, 15) is 4.79 Å². The first-order valence-electron chi connectivity index (χ1n) is 6.31. The summed E-state index contributed by atoms with van der Waals surface area (Å²) < 4.78 is 3.16. The first-order valence-corrected chi connectivity index (χ1v) is 8.70. The molecule has 2 rings (SSSR count). The van der Waals surface area contributed by atoms with Crippen molar-refractivity contribution in [2.45, 2.75) is 25.5 Å². The number of carbonyl (C=O) groups excluding carboxylic acids is 1. The van der Waals surface area contributed by atoms with E-state index in [-0.39, 0.29) is 21.9 Å². The zero-order valence-electron chi connectivity index (χ0n) is 11.8. The Morgan fingerprint density at radius 1 is 1.16 bits per heavy atom. The average Bonchev–Trinajstić information content (AvgIpc) is 2.70. The first-order chi connectivity index (χ1) is 8.80. The van der Waals surface area contributed by atoms with Crippen LogP contribution in [0, 0.1) is 0 Å². The third-order valence-electron chi connectivity index (χ3n) is 3.33. The van der Waals surface area contributed by atoms with Crippen LogP contribution in [0.5, 0.6) is 0 Å². The molecular weight excluding hydrogens is 324 g/mol. The molecule has 1 atom stereocenters. The molecule has 5 heteroatoms. The summed E-state index contributed by atoms with van der Waals surface area (Å²) in [4.78, 5) is 14.4. The molecule has 3 nitrogen and oxygen atoms in total. The number of rotatable bonds is 2. The number of anilines is 1. The van der Waals surface area contributed by atoms with E-state index in [1.165, 1.54) is 0 Å². The van der Waals surface area contributed by atoms with Crippen molar-refractivity contribution in [1.29, 1.82) is 0 Å². The summed E-state index contributed by atoms with van der Waals surface area (Å²) in [5, 5.41) is 0. The predicted octanol–water partition coefficient (Wildman–Crippen LogP) is 3.65. The Morgan fingerprint density at radius 2 is 1.74 bits per heavy atom. The minimum Gasteiger partial charge on any atom is -0.289 e. The lowest BCUT2D eigenvalue weighted by Crippen LogP contribution is -2.44. The quantitative estimate of drug-likeness (QED) is 0.751. The highest BCUT2D eigenvalue weighted by atomic mass is 79.9. The highest BCUT2D eigenvalue weighted by Crippen LogP contribution is 2.28. The van der Waals surface area contributed by atoms with Gasteiger partial charge in [-0.25, -0.2) is 4.79 Å². The van der Waals surface area contributed by atoms with Crippen molar-refractivity contribution in [3.63, 3.8) is 0 Å². The van der Waals surface area contributed by atoms with Crippen molar-refractivity contribution in [2.24, 2.45) is 0 Å². The molecule has 104 valence electrons. The monoisotopic (exact) mass is 343 g/mol. The summed E-state index contributed by atoms with van der Waals surface area (Å²) in [5.41, 5.74) is 0.974. The first kappa shape index (κ1) is 14.7. The van der Waals surface area contributed by atoms with Gasteiger partial charge in [-0.3, -0.25) is 4.90 Å². The SMILES string of the molecule is C[S+](N1CCN(c2ccc(Br)cc2)C1=O)C(C)(C)C. The van der Waals surface area contributed by atoms with Gasteiger partial charge in [0, 0.05) is 10.2 Å². The molecular formula is C14H20BrN2OS+. The molecule has 0 aliphatic carbocycles. The number of hydrogen-bond donors (Lipinski definition) is 0. The van der Waals surface area contributed by atoms with Crippen LogP contribution in [0.4, 0.5) is 10.5 Å². The number of urea groups is 1. The molecule has 19 heavy (non-hydrogen) atoms. The van der Waals surface area contributed by atoms with Gasteiger partial charge in [-0.05, 0) is 45.0 Å². The van der Waals surface area contributed by atoms with Gasteiger partial charge >= 0.3 is 6.03 Å². The minimum atomic E-state index is -0.0587. The van der Waals surface area contributed by atoms with Crippen molar-refractivity contribution in [3.05, 3.63) is 28.7 Å². The summed E-state index contributed by atoms with van der Waals surface area (Å²) in [6.45, 7) is 8.14. The Bertz CT molecular complexity index is 469. The van der Waals surface area contributed by atoms with Crippen LogP contribution in [0.15, 0.2) is 28.7 Å². The smallest absolute Gasteiger partial charge is 0.289 e. The molecule has 0 radical (unpaired) electrons. The highest BCUT2D eigenvalue weighted by Gasteiger charge is 2.45. The van der Waals surface area contributed by atoms with Gasteiger partial charge in [0.25, 0.3) is 0 Å². The van der Waals surface area contributed by atoms with E-state index in [0.717, 1.165) is 23.2 Å². The normalized spacial score (nSPS) is 18.1. The maximum absolute atomic E-state index is 12.5. The molecule has 0 aromatic heterocycles. The second-order valence-corrected chi connectivity index (χ2v) is 9.14. The molecule has 2 amide bonds. The molecule has 1 fully saturated rings. The van der Waals surface area contributed by atoms with E-state index in [1.807, 2.05) is 33.5 Å². The fraction of sp³-hybridized carbons (Fsp3) is 0.500. The predicted molar refractivity (Wildman–Crippen MR) is 86.6 cm³/mol. The molecule has 0 spiro atoms. The van der Waals surface area contributed by atoms with E-state index in [0.29, 0.717) is 0 Å². The van der Waals surface area contributed by atoms with E-state index >= 15 is 0 Å². The second kappa shape index (κ2) is 5.37. The van der Waals surface area contributed by atoms with E-state index < -0.39 is 0 Å². The zero-order valence-corrected chi connectivity index (χ0v) is 14.2. The Balaban J connectivity index is 2.16. The molecule has 1 aromatic rings. The fourth-order valence-electron chi connectivity index (χ4n) is 1.96. The zero-order chi connectivity index (χ0) is 14.2. The van der Waals surface area contributed by atoms with Crippen LogP contribution < -0.4 is 4.90 Å². The van der Waals surface area contributed by atoms with Crippen molar-refractivity contribution < 1.29 is 4.79 Å². The maximum atomic E-state index is 12.5. The molecule has 0 saturated carbocycles. The number of nitrogens with zero attached hydrogens (tertiary/aromatic N) is 2. The lowest BCUT2D eigenvalue weighted by Gasteiger charge is -2.24. The van der Waals surface area contributed by atoms with Gasteiger partial charge in [-0.2, -0.15) is 0 Å². The summed E-state index contributed by atoms with van der Waals surface area (Å²) >= 11 is 3.36. The third-order valence-corrected chi connectivity index (χ3v) is 6.63. The molecule has 1 unspecified atom stereocenters. The molecule has 1 heterocycles. The van der Waals surface area contributed by atoms with E-state index in [2.05, 4.69) is 43.0 Å². The van der Waals surface area contributed by atoms with E-state index in [1.54, 1.807) is 0 Å². The van der Waals surface area contributed by atoms with Gasteiger partial charge in [-0.15, -0.1) is 4.31 Å². The van der Waals surface area contributed by atoms with Crippen molar-refractivity contribution in [3.8, 4) is 0 Å². The van der Waals surface area contributed by atoms with Crippen LogP contribution in [-0.2, 0) is 11.1 Å². The van der Waals surface area contributed by atoms with Gasteiger partial charge in [-0.1, -0.05) is 15.9 Å². The van der Waals surface area contributed by atoms with Gasteiger partial charge in [0.15, 0.2) is 0 Å². The van der Waals surface area contributed by atoms with Gasteiger partial charge in [0.2, 0.25) is 0 Å². The molecule has 0 N–H and O–H groups in total. The Labute approximate surface area is 126 Å². The Morgan fingerprint density at radius 3 is 2.26 bits per heavy atom. The molecule has 1 aliphatic heterocycles. The van der Waals surface area contributed by atoms with Gasteiger partial charge in [0.1, 0.15) is 22.1 Å². The van der Waals surface area contributed by atoms with Crippen LogP contribution in [0.1, 0.15) is 20.8 Å². The number of benzene rings is 1. The van der Waals surface area contributed by atoms with Gasteiger partial charge in [0.05, 0.1) is 13.1 Å². The lowest BCUT2D eigenvalue weighted by molar-refractivity contribution is 0.240. The number of hydrogen-bond acceptors (Lipinski definition) is 1. The molecule has 1 aromatic carbocycles. The van der Waals surface area contributed by atoms with Crippen molar-refractivity contribution in [1.82, 2.24) is 4.31 Å². The molecule has 1 saturated heterocycles. The number of amides is 2. The van der Waals surface area contributed by atoms with Crippen LogP contribution in [0.25, 0.3) is 0 Å². The fourth-order valence-corrected chi connectivity index (χ4v) is 3.58. The largest absolute Gasteiger partial charge is 0.365 e. The summed E-state index contributed by atoms with van der Waals surface area (Å²) in [6.07, 6.45) is 2.16. The topological polar surface area (TPSA) is 23.6 Å². The lowest BCUT2D eigenvalue weighted by atomic mass is 10.3. The summed E-state index contributed by atoms with van der Waals surface area (Å²) in [5.74, 6) is 0. The summed E-state index contributed by atoms with van der Waals surface area (Å²) in [6, 6.07) is 8.04. The standard InChI is InChI=1S/C14H20BrN2OS/c1-14(2,3)19(4)17-10-9-16(13(17)18)12-7-5-11(15)6-8-12/h5-8H,9-10H2,1-4H3/q+1. The second-order valence-electron chi connectivity index (χ2n) is 5.60. The van der Waals surface area contributed by atoms with Crippen molar-refractivity contribution in [2.75, 3.05) is 24.2 Å². The average molecular weight is 344 g/mol. The van der Waals surface area contributed by atoms with Crippen LogP contribution >= 0.6 is 15.9 Å². The van der Waals surface area contributed by atoms with Gasteiger partial charge < -0.3 is 0 Å². The molecule has 1 aliphatic rings. The van der Waals surface area contributed by atoms with Crippen LogP contribution in [0.2, 0.25) is 0 Å².